The Hall–Kier alpha value is -14.3. The van der Waals surface area contributed by atoms with Crippen LogP contribution in [0.4, 0.5) is 17.1 Å². The Kier molecular flexibility index (Phi) is 42.3. The summed E-state index contributed by atoms with van der Waals surface area (Å²) in [4.78, 5) is 83.8. The smallest absolute Gasteiger partial charge is 0.306 e. The molecule has 15 aromatic heterocycles. The molecule has 16 rings (SSSR count). The number of aliphatic hydroxyl groups excluding tert-OH is 1. The third-order valence-corrected chi connectivity index (χ3v) is 19.0. The molecule has 0 aliphatic carbocycles. The van der Waals surface area contributed by atoms with E-state index in [0.29, 0.717) is 24.9 Å². The van der Waals surface area contributed by atoms with Gasteiger partial charge in [-0.05, 0) is 173 Å². The highest BCUT2D eigenvalue weighted by Gasteiger charge is 2.24. The average Bonchev–Trinajstić information content (AvgIpc) is 1.60. The normalized spacial score (nSPS) is 10.3. The van der Waals surface area contributed by atoms with Crippen LogP contribution in [0.15, 0.2) is 237 Å². The summed E-state index contributed by atoms with van der Waals surface area (Å²) < 4.78 is 27.2. The number of nitrogens with zero attached hydrogens (tertiary/aromatic N) is 18. The highest BCUT2D eigenvalue weighted by atomic mass is 35.5. The van der Waals surface area contributed by atoms with Crippen LogP contribution in [0, 0.1) is 75.7 Å². The number of nitrogens with two attached hydrogens (primary N) is 1. The third kappa shape index (κ3) is 29.0. The lowest BCUT2D eigenvalue weighted by atomic mass is 10.1. The number of nitriles is 4. The van der Waals surface area contributed by atoms with Crippen LogP contribution in [0.25, 0.3) is 66.2 Å². The largest absolute Gasteiger partial charge is 0.400 e. The molecule has 122 heavy (non-hydrogen) atoms. The van der Waals surface area contributed by atoms with Gasteiger partial charge < -0.3 is 40.7 Å². The van der Waals surface area contributed by atoms with Gasteiger partial charge in [-0.3, -0.25) is 70.2 Å². The molecule has 0 saturated carbocycles. The first-order valence-corrected chi connectivity index (χ1v) is 39.5. The molecular formula is C85H89Cl3N24O9S. The zero-order valence-electron chi connectivity index (χ0n) is 67.5. The fourth-order valence-electron chi connectivity index (χ4n) is 11.2. The molecule has 1 aromatic carbocycles. The first kappa shape index (κ1) is 98.2. The maximum Gasteiger partial charge on any atom is 0.306 e. The highest BCUT2D eigenvalue weighted by Crippen LogP contribution is 2.30. The van der Waals surface area contributed by atoms with Crippen molar-refractivity contribution in [1.82, 2.24) is 78.6 Å². The minimum Gasteiger partial charge on any atom is -0.400 e. The third-order valence-electron chi connectivity index (χ3n) is 16.6. The Morgan fingerprint density at radius 2 is 0.926 bits per heavy atom. The number of pyridine rings is 9. The summed E-state index contributed by atoms with van der Waals surface area (Å²) in [6.45, 7) is 9.23. The van der Waals surface area contributed by atoms with Crippen LogP contribution in [0.5, 0.6) is 0 Å². The number of aryl methyl sites for hydroxylation is 2. The fourth-order valence-corrected chi connectivity index (χ4v) is 13.3. The van der Waals surface area contributed by atoms with Crippen LogP contribution in [0.1, 0.15) is 92.1 Å². The van der Waals surface area contributed by atoms with Crippen molar-refractivity contribution in [1.29, 1.82) is 21.0 Å². The van der Waals surface area contributed by atoms with Crippen molar-refractivity contribution in [3.8, 4) is 24.3 Å². The van der Waals surface area contributed by atoms with Gasteiger partial charge in [0.15, 0.2) is 0 Å². The Labute approximate surface area is 719 Å². The van der Waals surface area contributed by atoms with E-state index in [1.165, 1.54) is 88.1 Å². The second-order valence-corrected chi connectivity index (χ2v) is 27.8. The van der Waals surface area contributed by atoms with Crippen LogP contribution >= 0.6 is 35.6 Å². The number of rotatable bonds is 16. The highest BCUT2D eigenvalue weighted by molar-refractivity contribution is 7.90. The van der Waals surface area contributed by atoms with Gasteiger partial charge in [0.2, 0.25) is 5.15 Å². The number of benzene rings is 1. The Morgan fingerprint density at radius 1 is 0.500 bits per heavy atom. The maximum atomic E-state index is 12.9. The molecule has 16 aromatic rings. The summed E-state index contributed by atoms with van der Waals surface area (Å²) in [5.41, 5.74) is 23.1. The van der Waals surface area contributed by atoms with E-state index in [2.05, 4.69) is 121 Å². The van der Waals surface area contributed by atoms with Crippen LogP contribution in [0.2, 0.25) is 10.2 Å². The van der Waals surface area contributed by atoms with Gasteiger partial charge in [0.1, 0.15) is 16.3 Å². The zero-order valence-corrected chi connectivity index (χ0v) is 70.6. The molecule has 1 unspecified atom stereocenters. The molecule has 630 valence electrons. The summed E-state index contributed by atoms with van der Waals surface area (Å²) in [6, 6.07) is 47.7. The molecule has 8 N–H and O–H groups in total. The summed E-state index contributed by atoms with van der Waals surface area (Å²) in [6.07, 6.45) is 32.2. The van der Waals surface area contributed by atoms with Crippen molar-refractivity contribution in [2.75, 3.05) is 27.7 Å². The molecule has 15 heterocycles. The van der Waals surface area contributed by atoms with E-state index >= 15 is 0 Å². The lowest BCUT2D eigenvalue weighted by Crippen LogP contribution is -2.12. The molecule has 0 saturated heterocycles. The van der Waals surface area contributed by atoms with Gasteiger partial charge in [-0.1, -0.05) is 68.9 Å². The number of halogens is 3. The lowest BCUT2D eigenvalue weighted by molar-refractivity contribution is -0.386. The molecule has 0 aliphatic rings. The molecule has 33 nitrogen and oxygen atoms in total. The quantitative estimate of drug-likeness (QED) is 0.0268. The molecule has 0 amide bonds. The number of hydrogen-bond donors (Lipinski definition) is 7. The van der Waals surface area contributed by atoms with Crippen LogP contribution < -0.4 is 5.73 Å². The number of aromatic nitrogens is 15. The van der Waals surface area contributed by atoms with E-state index in [0.717, 1.165) is 111 Å². The summed E-state index contributed by atoms with van der Waals surface area (Å²) in [7, 11) is 1.37. The predicted molar refractivity (Wildman–Crippen MR) is 474 cm³/mol. The van der Waals surface area contributed by atoms with E-state index in [1.807, 2.05) is 123 Å². The van der Waals surface area contributed by atoms with E-state index in [9.17, 15) is 38.8 Å². The second-order valence-electron chi connectivity index (χ2n) is 25.3. The van der Waals surface area contributed by atoms with Gasteiger partial charge in [0, 0.05) is 142 Å². The number of hydrogen-bond acceptors (Lipinski definition) is 24. The van der Waals surface area contributed by atoms with E-state index < -0.39 is 30.7 Å². The zero-order chi connectivity index (χ0) is 88.1. The van der Waals surface area contributed by atoms with Crippen LogP contribution in [-0.2, 0) is 48.7 Å². The molecule has 0 spiro atoms. The van der Waals surface area contributed by atoms with Crippen molar-refractivity contribution < 1.29 is 28.3 Å². The molecular weight excluding hydrogens is 1640 g/mol. The second kappa shape index (κ2) is 52.5. The standard InChI is InChI=1S/C16H15ClN2O2S.C10H13N3.C10H12N2.C9H11N3.C9H7N3.C8H7N3O2.C7H5N3O2.C7H6N2.C5H3ClN2O2.C3H5N.CH4O.ClH/c1-2-6-12-11-19(14-8-5-10-18-16(12)14)22(20,21)15-9-4-3-7-13(15)17;1-13(2)7-8-6-12-9-4-3-5-11-10(8)9;1-2-4-8-7-12-9-5-3-6-11-10(8)9;2*10-4-3-7-6-12-8-2-1-5-11-9(7)8;1-6(5-9)8-7(11(12)13)3-2-4-10-8;8-4-3-6-7(10(11)12)2-1-5-9-6;1-2-6-7(8-4-1)3-5-9-6;6-5-4(8(9)10)2-1-3-7-5;1-2-3-4;1-2;/h3-5,7-11H,2,6H2,1H3;3-6,12H,7H2,1-2H3;3,5-7,12H,2,4H2,1H3;1-2,5-6,12H,3-4,10H2;1-2,5-6,12H,3H2;2-4,6H,1H3;1-2,5H,3H2;1-5,9H;1-3H;2H2,1H3;2H,1H3;1H. The van der Waals surface area contributed by atoms with E-state index in [1.54, 1.807) is 68.2 Å². The minimum absolute atomic E-state index is 0. The monoisotopic (exact) mass is 1730 g/mol. The number of aromatic amines is 5. The molecule has 0 aliphatic heterocycles. The number of fused-ring (bicyclic) bond motifs is 6. The molecule has 37 heteroatoms. The lowest BCUT2D eigenvalue weighted by Gasteiger charge is -2.08. The summed E-state index contributed by atoms with van der Waals surface area (Å²) in [5, 5.41) is 71.1. The Morgan fingerprint density at radius 3 is 1.40 bits per heavy atom. The fraction of sp³-hybridized carbons (Fsp3) is 0.212. The first-order valence-electron chi connectivity index (χ1n) is 37.3. The Bertz CT molecular complexity index is 6160. The molecule has 0 bridgehead atoms. The minimum atomic E-state index is -3.75. The summed E-state index contributed by atoms with van der Waals surface area (Å²) in [5.74, 6) is -0.554. The van der Waals surface area contributed by atoms with Gasteiger partial charge in [-0.25, -0.2) is 17.4 Å². The van der Waals surface area contributed by atoms with Gasteiger partial charge >= 0.3 is 5.69 Å². The van der Waals surface area contributed by atoms with Gasteiger partial charge in [-0.2, -0.15) is 21.0 Å². The average molecular weight is 1730 g/mol. The first-order chi connectivity index (χ1) is 58.6. The maximum absolute atomic E-state index is 12.9. The molecule has 0 radical (unpaired) electrons. The van der Waals surface area contributed by atoms with Crippen molar-refractivity contribution in [3.05, 3.63) is 312 Å². The molecule has 0 fully saturated rings. The van der Waals surface area contributed by atoms with Crippen LogP contribution in [-0.4, -0.2) is 135 Å². The number of H-pyrrole nitrogens is 5. The van der Waals surface area contributed by atoms with Crippen molar-refractivity contribution in [2.24, 2.45) is 5.73 Å². The Balaban J connectivity index is 0.000000244. The van der Waals surface area contributed by atoms with Gasteiger partial charge in [-0.15, -0.1) is 12.4 Å². The van der Waals surface area contributed by atoms with Gasteiger partial charge in [0.25, 0.3) is 21.4 Å². The predicted octanol–water partition coefficient (Wildman–Crippen LogP) is 17.5. The van der Waals surface area contributed by atoms with E-state index in [-0.39, 0.29) is 62.3 Å². The topological polar surface area (TPSA) is 508 Å². The molecule has 1 atom stereocenters. The number of nitro groups is 3. The van der Waals surface area contributed by atoms with Crippen LogP contribution in [0.3, 0.4) is 0 Å². The number of nitrogens with one attached hydrogen (secondary N) is 5. The van der Waals surface area contributed by atoms with Crippen molar-refractivity contribution in [3.63, 3.8) is 0 Å². The van der Waals surface area contributed by atoms with Gasteiger partial charge in [0.05, 0.1) is 129 Å². The van der Waals surface area contributed by atoms with Crippen molar-refractivity contribution >= 4 is 129 Å². The van der Waals surface area contributed by atoms with E-state index in [4.69, 9.17) is 55.1 Å². The SMILES string of the molecule is CC(C#N)c1ncccc1[N+](=O)[O-].CCC#N.CCCc1c[nH]c2cccnc12.CCCc1cn(S(=O)(=O)c2ccccc2Cl)c2cccnc12.CN(C)Cc1c[nH]c2cccnc12.CO.Cl.N#CCc1c[nH]c2cccnc12.N#CCc1ncccc1[N+](=O)[O-].NCCc1c[nH]c2cccnc12.O=[N+]([O-])c1cccnc1Cl.c1cnc2cc[nH]c2c1. The number of aliphatic hydroxyl groups is 1. The summed E-state index contributed by atoms with van der Waals surface area (Å²) >= 11 is 11.4. The van der Waals surface area contributed by atoms with Crippen molar-refractivity contribution in [2.45, 2.75) is 96.4 Å².